The monoisotopic (exact) mass is 136 g/mol. The zero-order valence-electron chi connectivity index (χ0n) is 5.63. The summed E-state index contributed by atoms with van der Waals surface area (Å²) in [7, 11) is 0. The van der Waals surface area contributed by atoms with Crippen LogP contribution in [0.1, 0.15) is 20.3 Å². The summed E-state index contributed by atoms with van der Waals surface area (Å²) in [6, 6.07) is 0. The number of hydrogen-bond donors (Lipinski definition) is 2. The summed E-state index contributed by atoms with van der Waals surface area (Å²) in [4.78, 5) is 12.7. The molecule has 56 valence electrons. The van der Waals surface area contributed by atoms with E-state index in [2.05, 4.69) is 4.89 Å². The Hall–Kier alpha value is -0.610. The van der Waals surface area contributed by atoms with Crippen molar-refractivity contribution in [1.82, 2.24) is 0 Å². The van der Waals surface area contributed by atoms with Gasteiger partial charge in [0, 0.05) is 6.92 Å². The molecule has 0 unspecified atom stereocenters. The van der Waals surface area contributed by atoms with Crippen molar-refractivity contribution in [2.75, 3.05) is 6.61 Å². The van der Waals surface area contributed by atoms with Gasteiger partial charge in [0.05, 0.1) is 6.61 Å². The second-order valence-electron chi connectivity index (χ2n) is 1.35. The van der Waals surface area contributed by atoms with Gasteiger partial charge in [0.1, 0.15) is 0 Å². The van der Waals surface area contributed by atoms with E-state index >= 15 is 0 Å². The highest BCUT2D eigenvalue weighted by molar-refractivity contribution is 5.62. The fourth-order valence-electron chi connectivity index (χ4n) is 0.0913. The molecule has 0 radical (unpaired) electrons. The average molecular weight is 136 g/mol. The first-order valence-corrected chi connectivity index (χ1v) is 2.61. The molecular weight excluding hydrogens is 124 g/mol. The molecule has 0 rings (SSSR count). The molecule has 0 aliphatic heterocycles. The van der Waals surface area contributed by atoms with Crippen LogP contribution in [0, 0.1) is 0 Å². The van der Waals surface area contributed by atoms with Crippen LogP contribution in [0.3, 0.4) is 0 Å². The minimum Gasteiger partial charge on any atom is -0.481 e. The van der Waals surface area contributed by atoms with Gasteiger partial charge in [-0.05, 0) is 6.42 Å². The summed E-state index contributed by atoms with van der Waals surface area (Å²) in [5.41, 5.74) is 0. The van der Waals surface area contributed by atoms with Gasteiger partial charge < -0.3 is 5.11 Å². The molecule has 9 heavy (non-hydrogen) atoms. The summed E-state index contributed by atoms with van der Waals surface area (Å²) in [5.74, 6) is -0.833. The summed E-state index contributed by atoms with van der Waals surface area (Å²) < 4.78 is 0. The van der Waals surface area contributed by atoms with Crippen molar-refractivity contribution >= 4 is 5.97 Å². The number of hydrogen-bond acceptors (Lipinski definition) is 3. The highest BCUT2D eigenvalue weighted by Crippen LogP contribution is 1.70. The van der Waals surface area contributed by atoms with E-state index in [1.54, 1.807) is 0 Å². The maximum atomic E-state index is 9.00. The summed E-state index contributed by atoms with van der Waals surface area (Å²) in [6.07, 6.45) is 0.872. The van der Waals surface area contributed by atoms with E-state index in [4.69, 9.17) is 15.2 Å². The van der Waals surface area contributed by atoms with Crippen molar-refractivity contribution in [3.8, 4) is 0 Å². The fourth-order valence-corrected chi connectivity index (χ4v) is 0.0913. The maximum Gasteiger partial charge on any atom is 0.300 e. The predicted molar refractivity (Wildman–Crippen MR) is 32.2 cm³/mol. The molecule has 0 aliphatic rings. The average Bonchev–Trinajstić information content (AvgIpc) is 1.66. The van der Waals surface area contributed by atoms with E-state index in [9.17, 15) is 0 Å². The van der Waals surface area contributed by atoms with Gasteiger partial charge in [0.2, 0.25) is 0 Å². The van der Waals surface area contributed by atoms with E-state index in [-0.39, 0.29) is 0 Å². The minimum atomic E-state index is -0.833. The first-order chi connectivity index (χ1) is 4.15. The van der Waals surface area contributed by atoms with Gasteiger partial charge in [0.25, 0.3) is 5.97 Å². The van der Waals surface area contributed by atoms with E-state index in [0.29, 0.717) is 6.61 Å². The Morgan fingerprint density at radius 1 is 1.67 bits per heavy atom. The van der Waals surface area contributed by atoms with E-state index < -0.39 is 5.97 Å². The van der Waals surface area contributed by atoms with Gasteiger partial charge in [-0.3, -0.25) is 10.1 Å². The Balaban J connectivity index is 0. The number of carboxylic acid groups (broad SMARTS) is 1. The quantitative estimate of drug-likeness (QED) is 0.438. The van der Waals surface area contributed by atoms with Crippen molar-refractivity contribution in [1.29, 1.82) is 0 Å². The van der Waals surface area contributed by atoms with Gasteiger partial charge in [-0.1, -0.05) is 6.92 Å². The fraction of sp³-hybridized carbons (Fsp3) is 0.800. The SMILES string of the molecule is CC(=O)O.CCCOO. The van der Waals surface area contributed by atoms with Crippen LogP contribution in [0.5, 0.6) is 0 Å². The molecule has 0 heterocycles. The van der Waals surface area contributed by atoms with Crippen molar-refractivity contribution in [2.45, 2.75) is 20.3 Å². The zero-order valence-corrected chi connectivity index (χ0v) is 5.63. The summed E-state index contributed by atoms with van der Waals surface area (Å²) >= 11 is 0. The van der Waals surface area contributed by atoms with Gasteiger partial charge in [-0.15, -0.1) is 0 Å². The molecule has 0 aromatic rings. The molecule has 0 aliphatic carbocycles. The van der Waals surface area contributed by atoms with Crippen LogP contribution in [0.2, 0.25) is 0 Å². The molecule has 4 heteroatoms. The maximum absolute atomic E-state index is 9.00. The molecule has 0 atom stereocenters. The molecule has 4 nitrogen and oxygen atoms in total. The van der Waals surface area contributed by atoms with Crippen LogP contribution in [0.25, 0.3) is 0 Å². The van der Waals surface area contributed by atoms with Gasteiger partial charge in [-0.2, -0.15) is 0 Å². The lowest BCUT2D eigenvalue weighted by molar-refractivity contribution is -0.241. The van der Waals surface area contributed by atoms with Crippen LogP contribution >= 0.6 is 0 Å². The smallest absolute Gasteiger partial charge is 0.300 e. The second-order valence-corrected chi connectivity index (χ2v) is 1.35. The number of carbonyl (C=O) groups is 1. The lowest BCUT2D eigenvalue weighted by Crippen LogP contribution is -1.81. The molecule has 0 aromatic heterocycles. The Labute approximate surface area is 54.0 Å². The van der Waals surface area contributed by atoms with Crippen molar-refractivity contribution in [2.24, 2.45) is 0 Å². The molecule has 2 N–H and O–H groups in total. The Kier molecular flexibility index (Phi) is 13.0. The van der Waals surface area contributed by atoms with E-state index in [1.807, 2.05) is 6.92 Å². The third kappa shape index (κ3) is 111. The first kappa shape index (κ1) is 11.2. The third-order valence-corrected chi connectivity index (χ3v) is 0.295. The molecule has 0 saturated heterocycles. The van der Waals surface area contributed by atoms with Crippen LogP contribution in [0.4, 0.5) is 0 Å². The normalized spacial score (nSPS) is 7.44. The highest BCUT2D eigenvalue weighted by atomic mass is 17.1. The van der Waals surface area contributed by atoms with Gasteiger partial charge in [-0.25, -0.2) is 4.89 Å². The molecule has 0 fully saturated rings. The largest absolute Gasteiger partial charge is 0.481 e. The lowest BCUT2D eigenvalue weighted by Gasteiger charge is -1.81. The molecule has 0 amide bonds. The molecular formula is C5H12O4. The predicted octanol–water partition coefficient (Wildman–Crippen LogP) is 0.977. The first-order valence-electron chi connectivity index (χ1n) is 2.61. The van der Waals surface area contributed by atoms with Crippen LogP contribution in [-0.2, 0) is 9.68 Å². The molecule has 0 bridgehead atoms. The van der Waals surface area contributed by atoms with Crippen LogP contribution in [-0.4, -0.2) is 22.9 Å². The van der Waals surface area contributed by atoms with Gasteiger partial charge >= 0.3 is 0 Å². The Bertz CT molecular complexity index is 56.0. The summed E-state index contributed by atoms with van der Waals surface area (Å²) in [5, 5.41) is 15.0. The van der Waals surface area contributed by atoms with Crippen molar-refractivity contribution in [3.63, 3.8) is 0 Å². The third-order valence-electron chi connectivity index (χ3n) is 0.295. The van der Waals surface area contributed by atoms with Crippen molar-refractivity contribution < 1.29 is 20.0 Å². The zero-order chi connectivity index (χ0) is 7.70. The molecule has 0 saturated carbocycles. The summed E-state index contributed by atoms with van der Waals surface area (Å²) in [6.45, 7) is 3.45. The Morgan fingerprint density at radius 3 is 2.00 bits per heavy atom. The lowest BCUT2D eigenvalue weighted by atomic mass is 10.5. The molecule has 0 aromatic carbocycles. The van der Waals surface area contributed by atoms with Crippen LogP contribution in [0.15, 0.2) is 0 Å². The van der Waals surface area contributed by atoms with Gasteiger partial charge in [0.15, 0.2) is 0 Å². The number of carboxylic acids is 1. The van der Waals surface area contributed by atoms with Crippen LogP contribution < -0.4 is 0 Å². The standard InChI is InChI=1S/C3H8O2.C2H4O2/c1-2-3-5-4;1-2(3)4/h4H,2-3H2,1H3;1H3,(H,3,4). The Morgan fingerprint density at radius 2 is 2.00 bits per heavy atom. The van der Waals surface area contributed by atoms with E-state index in [1.165, 1.54) is 0 Å². The number of rotatable bonds is 2. The topological polar surface area (TPSA) is 66.8 Å². The second kappa shape index (κ2) is 10.4. The minimum absolute atomic E-state index is 0.444. The molecule has 0 spiro atoms. The van der Waals surface area contributed by atoms with E-state index in [0.717, 1.165) is 13.3 Å². The number of aliphatic carboxylic acids is 1. The van der Waals surface area contributed by atoms with Crippen molar-refractivity contribution in [3.05, 3.63) is 0 Å². The highest BCUT2D eigenvalue weighted by Gasteiger charge is 1.68.